The molecule has 0 unspecified atom stereocenters. The summed E-state index contributed by atoms with van der Waals surface area (Å²) in [6, 6.07) is 13.7. The zero-order chi connectivity index (χ0) is 22.1. The average Bonchev–Trinajstić information content (AvgIpc) is 3.40. The number of benzene rings is 2. The van der Waals surface area contributed by atoms with Crippen LogP contribution in [0, 0.1) is 5.82 Å². The molecule has 0 radical (unpaired) electrons. The summed E-state index contributed by atoms with van der Waals surface area (Å²) in [6.45, 7) is 0.895. The van der Waals surface area contributed by atoms with Crippen LogP contribution in [0.5, 0.6) is 0 Å². The number of halogens is 1. The second-order valence-electron chi connectivity index (χ2n) is 7.42. The minimum Gasteiger partial charge on any atom is -0.360 e. The van der Waals surface area contributed by atoms with Gasteiger partial charge in [0.15, 0.2) is 5.65 Å². The third kappa shape index (κ3) is 3.64. The number of nitrogens with one attached hydrogen (secondary N) is 2. The molecule has 9 heteroatoms. The second kappa shape index (κ2) is 8.10. The molecule has 0 saturated carbocycles. The van der Waals surface area contributed by atoms with Crippen molar-refractivity contribution in [3.8, 4) is 0 Å². The smallest absolute Gasteiger partial charge is 0.264 e. The van der Waals surface area contributed by atoms with E-state index in [2.05, 4.69) is 20.4 Å². The SMILES string of the molecule is O=C(NCCn1ncc2c(=O)n(Cc3cccc(F)c3)cnc21)c1c[nH]c2ccccc12. The number of H-pyrrole nitrogens is 1. The van der Waals surface area contributed by atoms with E-state index in [1.54, 1.807) is 23.0 Å². The Morgan fingerprint density at radius 3 is 2.88 bits per heavy atom. The van der Waals surface area contributed by atoms with Gasteiger partial charge in [-0.1, -0.05) is 30.3 Å². The third-order valence-corrected chi connectivity index (χ3v) is 5.31. The van der Waals surface area contributed by atoms with Gasteiger partial charge >= 0.3 is 0 Å². The van der Waals surface area contributed by atoms with E-state index in [9.17, 15) is 14.0 Å². The predicted octanol–water partition coefficient (Wildman–Crippen LogP) is 2.69. The first-order valence-electron chi connectivity index (χ1n) is 10.1. The first kappa shape index (κ1) is 19.7. The van der Waals surface area contributed by atoms with Gasteiger partial charge < -0.3 is 10.3 Å². The molecule has 0 aliphatic rings. The average molecular weight is 430 g/mol. The minimum absolute atomic E-state index is 0.190. The number of aromatic amines is 1. The number of hydrogen-bond acceptors (Lipinski definition) is 4. The lowest BCUT2D eigenvalue weighted by Crippen LogP contribution is -2.27. The molecule has 3 heterocycles. The zero-order valence-corrected chi connectivity index (χ0v) is 17.0. The van der Waals surface area contributed by atoms with Gasteiger partial charge in [0, 0.05) is 23.6 Å². The molecule has 0 spiro atoms. The maximum Gasteiger partial charge on any atom is 0.264 e. The summed E-state index contributed by atoms with van der Waals surface area (Å²) in [5.74, 6) is -0.545. The molecule has 1 amide bonds. The van der Waals surface area contributed by atoms with Crippen molar-refractivity contribution in [1.82, 2.24) is 29.6 Å². The molecule has 2 N–H and O–H groups in total. The number of hydrogen-bond donors (Lipinski definition) is 2. The molecule has 3 aromatic heterocycles. The second-order valence-corrected chi connectivity index (χ2v) is 7.42. The van der Waals surface area contributed by atoms with Gasteiger partial charge in [-0.3, -0.25) is 14.2 Å². The number of carbonyl (C=O) groups is 1. The summed E-state index contributed by atoms with van der Waals surface area (Å²) in [5.41, 5.74) is 2.32. The predicted molar refractivity (Wildman–Crippen MR) is 118 cm³/mol. The van der Waals surface area contributed by atoms with Crippen molar-refractivity contribution in [2.45, 2.75) is 13.1 Å². The van der Waals surface area contributed by atoms with Crippen molar-refractivity contribution in [3.05, 3.63) is 94.5 Å². The summed E-state index contributed by atoms with van der Waals surface area (Å²) in [7, 11) is 0. The lowest BCUT2D eigenvalue weighted by atomic mass is 10.1. The highest BCUT2D eigenvalue weighted by atomic mass is 19.1. The lowest BCUT2D eigenvalue weighted by molar-refractivity contribution is 0.0953. The first-order valence-corrected chi connectivity index (χ1v) is 10.1. The number of nitrogens with zero attached hydrogens (tertiary/aromatic N) is 4. The number of amides is 1. The van der Waals surface area contributed by atoms with Crippen molar-refractivity contribution in [2.75, 3.05) is 6.54 Å². The Bertz CT molecular complexity index is 1500. The third-order valence-electron chi connectivity index (χ3n) is 5.31. The van der Waals surface area contributed by atoms with Gasteiger partial charge in [-0.15, -0.1) is 0 Å². The van der Waals surface area contributed by atoms with Crippen molar-refractivity contribution in [3.63, 3.8) is 0 Å². The molecule has 2 aromatic carbocycles. The fourth-order valence-electron chi connectivity index (χ4n) is 3.74. The van der Waals surface area contributed by atoms with Crippen LogP contribution in [0.1, 0.15) is 15.9 Å². The molecule has 5 rings (SSSR count). The largest absolute Gasteiger partial charge is 0.360 e. The monoisotopic (exact) mass is 430 g/mol. The van der Waals surface area contributed by atoms with E-state index >= 15 is 0 Å². The molecule has 8 nitrogen and oxygen atoms in total. The number of para-hydroxylation sites is 1. The molecule has 0 saturated heterocycles. The Labute approximate surface area is 181 Å². The highest BCUT2D eigenvalue weighted by molar-refractivity contribution is 6.06. The first-order chi connectivity index (χ1) is 15.6. The summed E-state index contributed by atoms with van der Waals surface area (Å²) < 4.78 is 16.4. The van der Waals surface area contributed by atoms with E-state index in [0.717, 1.165) is 10.9 Å². The van der Waals surface area contributed by atoms with Crippen molar-refractivity contribution >= 4 is 27.8 Å². The number of aromatic nitrogens is 5. The molecule has 5 aromatic rings. The molecule has 160 valence electrons. The molecular formula is C23H19FN6O2. The highest BCUT2D eigenvalue weighted by Crippen LogP contribution is 2.17. The van der Waals surface area contributed by atoms with Crippen LogP contribution in [-0.4, -0.2) is 36.8 Å². The van der Waals surface area contributed by atoms with Gasteiger partial charge in [-0.05, 0) is 23.8 Å². The van der Waals surface area contributed by atoms with Crippen LogP contribution in [0.2, 0.25) is 0 Å². The van der Waals surface area contributed by atoms with Crippen molar-refractivity contribution < 1.29 is 9.18 Å². The summed E-state index contributed by atoms with van der Waals surface area (Å²) in [5, 5.41) is 8.35. The summed E-state index contributed by atoms with van der Waals surface area (Å²) in [4.78, 5) is 32.8. The van der Waals surface area contributed by atoms with Crippen LogP contribution in [0.15, 0.2) is 72.0 Å². The fraction of sp³-hybridized carbons (Fsp3) is 0.130. The van der Waals surface area contributed by atoms with Gasteiger partial charge in [0.25, 0.3) is 11.5 Å². The van der Waals surface area contributed by atoms with E-state index in [-0.39, 0.29) is 23.8 Å². The molecule has 0 aliphatic heterocycles. The Morgan fingerprint density at radius 2 is 2.00 bits per heavy atom. The zero-order valence-electron chi connectivity index (χ0n) is 17.0. The highest BCUT2D eigenvalue weighted by Gasteiger charge is 2.13. The van der Waals surface area contributed by atoms with Gasteiger partial charge in [-0.25, -0.2) is 14.1 Å². The van der Waals surface area contributed by atoms with Gasteiger partial charge in [0.05, 0.1) is 24.8 Å². The van der Waals surface area contributed by atoms with Crippen LogP contribution in [-0.2, 0) is 13.1 Å². The van der Waals surface area contributed by atoms with E-state index in [1.807, 2.05) is 24.3 Å². The van der Waals surface area contributed by atoms with Crippen LogP contribution >= 0.6 is 0 Å². The Kier molecular flexibility index (Phi) is 4.98. The Hall–Kier alpha value is -4.27. The van der Waals surface area contributed by atoms with Crippen LogP contribution < -0.4 is 10.9 Å². The van der Waals surface area contributed by atoms with E-state index in [1.165, 1.54) is 29.2 Å². The summed E-state index contributed by atoms with van der Waals surface area (Å²) >= 11 is 0. The minimum atomic E-state index is -0.355. The Morgan fingerprint density at radius 1 is 1.12 bits per heavy atom. The van der Waals surface area contributed by atoms with Crippen LogP contribution in [0.4, 0.5) is 4.39 Å². The van der Waals surface area contributed by atoms with Gasteiger partial charge in [0.1, 0.15) is 17.5 Å². The fourth-order valence-corrected chi connectivity index (χ4v) is 3.74. The van der Waals surface area contributed by atoms with Crippen molar-refractivity contribution in [2.24, 2.45) is 0 Å². The molecular weight excluding hydrogens is 411 g/mol. The number of rotatable bonds is 6. The maximum atomic E-state index is 13.4. The molecule has 0 bridgehead atoms. The standard InChI is InChI=1S/C23H19FN6O2/c24-16-5-3-4-15(10-16)13-29-14-27-21-19(23(29)32)12-28-30(21)9-8-25-22(31)18-11-26-20-7-2-1-6-17(18)20/h1-7,10-12,14,26H,8-9,13H2,(H,25,31). The molecule has 32 heavy (non-hydrogen) atoms. The normalized spacial score (nSPS) is 11.3. The number of fused-ring (bicyclic) bond motifs is 2. The topological polar surface area (TPSA) is 97.6 Å². The lowest BCUT2D eigenvalue weighted by Gasteiger charge is -2.07. The quantitative estimate of drug-likeness (QED) is 0.433. The maximum absolute atomic E-state index is 13.4. The van der Waals surface area contributed by atoms with E-state index < -0.39 is 0 Å². The summed E-state index contributed by atoms with van der Waals surface area (Å²) in [6.07, 6.45) is 4.58. The number of carbonyl (C=O) groups excluding carboxylic acids is 1. The molecule has 0 atom stereocenters. The van der Waals surface area contributed by atoms with Crippen LogP contribution in [0.25, 0.3) is 21.9 Å². The molecule has 0 aliphatic carbocycles. The van der Waals surface area contributed by atoms with E-state index in [0.29, 0.717) is 35.2 Å². The van der Waals surface area contributed by atoms with Crippen LogP contribution in [0.3, 0.4) is 0 Å². The van der Waals surface area contributed by atoms with Crippen molar-refractivity contribution in [1.29, 1.82) is 0 Å². The Balaban J connectivity index is 1.29. The molecule has 0 fully saturated rings. The van der Waals surface area contributed by atoms with Gasteiger partial charge in [-0.2, -0.15) is 5.10 Å². The van der Waals surface area contributed by atoms with Gasteiger partial charge in [0.2, 0.25) is 0 Å². The van der Waals surface area contributed by atoms with E-state index in [4.69, 9.17) is 0 Å².